The zero-order chi connectivity index (χ0) is 18.8. The number of para-hydroxylation sites is 1. The highest BCUT2D eigenvalue weighted by Gasteiger charge is 2.49. The molecule has 25 heavy (non-hydrogen) atoms. The first kappa shape index (κ1) is 18.8. The van der Waals surface area contributed by atoms with E-state index in [9.17, 15) is 27.6 Å². The zero-order valence-corrected chi connectivity index (χ0v) is 13.7. The highest BCUT2D eigenvalue weighted by Crippen LogP contribution is 2.34. The van der Waals surface area contributed by atoms with Gasteiger partial charge >= 0.3 is 12.2 Å². The number of urea groups is 1. The van der Waals surface area contributed by atoms with Gasteiger partial charge in [-0.2, -0.15) is 13.2 Å². The molecule has 1 aromatic carbocycles. The highest BCUT2D eigenvalue weighted by molar-refractivity contribution is 6.10. The molecule has 0 atom stereocenters. The van der Waals surface area contributed by atoms with Crippen molar-refractivity contribution in [3.05, 3.63) is 29.8 Å². The first-order chi connectivity index (χ1) is 11.6. The van der Waals surface area contributed by atoms with Crippen molar-refractivity contribution in [2.45, 2.75) is 38.4 Å². The van der Waals surface area contributed by atoms with Gasteiger partial charge in [0.15, 0.2) is 0 Å². The number of nitrogens with zero attached hydrogens (tertiary/aromatic N) is 1. The molecule has 1 aliphatic heterocycles. The number of halogens is 3. The monoisotopic (exact) mass is 357 g/mol. The smallest absolute Gasteiger partial charge is 0.324 e. The van der Waals surface area contributed by atoms with Crippen LogP contribution in [0.25, 0.3) is 0 Å². The minimum Gasteiger partial charge on any atom is -0.324 e. The molecular weight excluding hydrogens is 339 g/mol. The molecule has 6 nitrogen and oxygen atoms in total. The van der Waals surface area contributed by atoms with Gasteiger partial charge in [0.05, 0.1) is 11.3 Å². The molecule has 1 aliphatic rings. The summed E-state index contributed by atoms with van der Waals surface area (Å²) in [6.45, 7) is 2.80. The summed E-state index contributed by atoms with van der Waals surface area (Å²) in [5.41, 5.74) is -2.50. The number of rotatable bonds is 5. The standard InChI is InChI=1S/C16H18F3N3O3/c1-3-15(4-2)13(24)22(14(25)21-15)9-12(23)20-11-8-6-5-7-10(11)16(17,18)19/h5-8H,3-4,9H2,1-2H3,(H,20,23)(H,21,25). The molecule has 1 fully saturated rings. The van der Waals surface area contributed by atoms with Crippen LogP contribution in [0.15, 0.2) is 24.3 Å². The van der Waals surface area contributed by atoms with Crippen molar-refractivity contribution in [2.75, 3.05) is 11.9 Å². The number of alkyl halides is 3. The number of nitrogens with one attached hydrogen (secondary N) is 2. The Bertz CT molecular complexity index is 699. The molecular formula is C16H18F3N3O3. The normalized spacial score (nSPS) is 16.8. The first-order valence-corrected chi connectivity index (χ1v) is 7.74. The van der Waals surface area contributed by atoms with Crippen LogP contribution in [0.2, 0.25) is 0 Å². The summed E-state index contributed by atoms with van der Waals surface area (Å²) in [4.78, 5) is 37.2. The molecule has 0 spiro atoms. The third-order valence-corrected chi connectivity index (χ3v) is 4.26. The Morgan fingerprint density at radius 3 is 2.32 bits per heavy atom. The van der Waals surface area contributed by atoms with Crippen molar-refractivity contribution in [2.24, 2.45) is 0 Å². The van der Waals surface area contributed by atoms with E-state index in [0.717, 1.165) is 17.0 Å². The Morgan fingerprint density at radius 2 is 1.80 bits per heavy atom. The lowest BCUT2D eigenvalue weighted by molar-refractivity contribution is -0.137. The van der Waals surface area contributed by atoms with Crippen molar-refractivity contribution in [3.8, 4) is 0 Å². The van der Waals surface area contributed by atoms with Gasteiger partial charge in [0, 0.05) is 0 Å². The summed E-state index contributed by atoms with van der Waals surface area (Å²) >= 11 is 0. The lowest BCUT2D eigenvalue weighted by atomic mass is 9.93. The van der Waals surface area contributed by atoms with Crippen LogP contribution in [-0.4, -0.2) is 34.8 Å². The fraction of sp³-hybridized carbons (Fsp3) is 0.438. The minimum absolute atomic E-state index is 0.350. The molecule has 0 bridgehead atoms. The van der Waals surface area contributed by atoms with Crippen LogP contribution < -0.4 is 10.6 Å². The second-order valence-corrected chi connectivity index (χ2v) is 5.70. The van der Waals surface area contributed by atoms with Gasteiger partial charge in [-0.25, -0.2) is 4.79 Å². The number of hydrogen-bond acceptors (Lipinski definition) is 3. The fourth-order valence-corrected chi connectivity index (χ4v) is 2.72. The Balaban J connectivity index is 2.14. The van der Waals surface area contributed by atoms with E-state index in [0.29, 0.717) is 12.8 Å². The third kappa shape index (κ3) is 3.59. The van der Waals surface area contributed by atoms with Crippen LogP contribution >= 0.6 is 0 Å². The van der Waals surface area contributed by atoms with E-state index in [1.54, 1.807) is 13.8 Å². The molecule has 0 aromatic heterocycles. The van der Waals surface area contributed by atoms with Gasteiger partial charge in [-0.15, -0.1) is 0 Å². The molecule has 0 saturated carbocycles. The van der Waals surface area contributed by atoms with Crippen LogP contribution in [-0.2, 0) is 15.8 Å². The lowest BCUT2D eigenvalue weighted by Gasteiger charge is -2.23. The molecule has 9 heteroatoms. The highest BCUT2D eigenvalue weighted by atomic mass is 19.4. The first-order valence-electron chi connectivity index (χ1n) is 7.74. The van der Waals surface area contributed by atoms with Crippen molar-refractivity contribution in [1.29, 1.82) is 0 Å². The van der Waals surface area contributed by atoms with Crippen LogP contribution in [0.4, 0.5) is 23.7 Å². The molecule has 0 unspecified atom stereocenters. The van der Waals surface area contributed by atoms with Crippen molar-refractivity contribution < 1.29 is 27.6 Å². The second kappa shape index (κ2) is 6.73. The molecule has 1 aromatic rings. The topological polar surface area (TPSA) is 78.5 Å². The van der Waals surface area contributed by atoms with Gasteiger partial charge in [-0.05, 0) is 25.0 Å². The zero-order valence-electron chi connectivity index (χ0n) is 13.7. The molecule has 0 aliphatic carbocycles. The van der Waals surface area contributed by atoms with Gasteiger partial charge in [0.2, 0.25) is 5.91 Å². The average Bonchev–Trinajstić information content (AvgIpc) is 2.79. The van der Waals surface area contributed by atoms with E-state index in [4.69, 9.17) is 0 Å². The Kier molecular flexibility index (Phi) is 5.05. The number of carbonyl (C=O) groups is 3. The van der Waals surface area contributed by atoms with Gasteiger partial charge in [0.25, 0.3) is 5.91 Å². The largest absolute Gasteiger partial charge is 0.418 e. The average molecular weight is 357 g/mol. The number of benzene rings is 1. The molecule has 1 saturated heterocycles. The fourth-order valence-electron chi connectivity index (χ4n) is 2.72. The minimum atomic E-state index is -4.63. The van der Waals surface area contributed by atoms with Crippen LogP contribution in [0, 0.1) is 0 Å². The molecule has 136 valence electrons. The Labute approximate surface area is 142 Å². The quantitative estimate of drug-likeness (QED) is 0.796. The van der Waals surface area contributed by atoms with E-state index in [1.165, 1.54) is 12.1 Å². The Hall–Kier alpha value is -2.58. The van der Waals surface area contributed by atoms with E-state index in [1.807, 2.05) is 0 Å². The van der Waals surface area contributed by atoms with Crippen LogP contribution in [0.3, 0.4) is 0 Å². The van der Waals surface area contributed by atoms with Gasteiger partial charge < -0.3 is 10.6 Å². The number of carbonyl (C=O) groups excluding carboxylic acids is 3. The molecule has 1 heterocycles. The van der Waals surface area contributed by atoms with E-state index in [2.05, 4.69) is 10.6 Å². The van der Waals surface area contributed by atoms with Gasteiger partial charge in [-0.1, -0.05) is 26.0 Å². The third-order valence-electron chi connectivity index (χ3n) is 4.26. The predicted molar refractivity (Wildman–Crippen MR) is 83.6 cm³/mol. The lowest BCUT2D eigenvalue weighted by Crippen LogP contribution is -2.46. The second-order valence-electron chi connectivity index (χ2n) is 5.70. The maximum atomic E-state index is 12.9. The maximum absolute atomic E-state index is 12.9. The molecule has 2 N–H and O–H groups in total. The maximum Gasteiger partial charge on any atom is 0.418 e. The van der Waals surface area contributed by atoms with Crippen molar-refractivity contribution in [3.63, 3.8) is 0 Å². The number of anilines is 1. The summed E-state index contributed by atoms with van der Waals surface area (Å²) in [6.07, 6.45) is -3.93. The van der Waals surface area contributed by atoms with Gasteiger partial charge in [-0.3, -0.25) is 14.5 Å². The summed E-state index contributed by atoms with van der Waals surface area (Å²) in [5, 5.41) is 4.66. The summed E-state index contributed by atoms with van der Waals surface area (Å²) in [7, 11) is 0. The molecule has 0 radical (unpaired) electrons. The summed E-state index contributed by atoms with van der Waals surface area (Å²) in [6, 6.07) is 3.76. The predicted octanol–water partition coefficient (Wildman–Crippen LogP) is 2.75. The van der Waals surface area contributed by atoms with E-state index in [-0.39, 0.29) is 0 Å². The van der Waals surface area contributed by atoms with Crippen LogP contribution in [0.5, 0.6) is 0 Å². The molecule has 2 rings (SSSR count). The SMILES string of the molecule is CCC1(CC)NC(=O)N(CC(=O)Nc2ccccc2C(F)(F)F)C1=O. The number of imide groups is 1. The molecule has 4 amide bonds. The summed E-state index contributed by atoms with van der Waals surface area (Å²) in [5.74, 6) is -1.44. The van der Waals surface area contributed by atoms with Crippen LogP contribution in [0.1, 0.15) is 32.3 Å². The Morgan fingerprint density at radius 1 is 1.20 bits per heavy atom. The summed E-state index contributed by atoms with van der Waals surface area (Å²) < 4.78 is 38.8. The van der Waals surface area contributed by atoms with Crippen molar-refractivity contribution in [1.82, 2.24) is 10.2 Å². The van der Waals surface area contributed by atoms with Gasteiger partial charge in [0.1, 0.15) is 12.1 Å². The van der Waals surface area contributed by atoms with E-state index < -0.39 is 47.4 Å². The number of amides is 4. The van der Waals surface area contributed by atoms with E-state index >= 15 is 0 Å². The number of hydrogen-bond donors (Lipinski definition) is 2. The van der Waals surface area contributed by atoms with Crippen molar-refractivity contribution >= 4 is 23.5 Å².